The first kappa shape index (κ1) is 16.8. The topological polar surface area (TPSA) is 111 Å². The van der Waals surface area contributed by atoms with Gasteiger partial charge in [0, 0.05) is 0 Å². The molecule has 8 heteroatoms. The summed E-state index contributed by atoms with van der Waals surface area (Å²) in [6.07, 6.45) is 7.26. The molecule has 2 rings (SSSR count). The van der Waals surface area contributed by atoms with E-state index in [9.17, 15) is 19.2 Å². The third-order valence-electron chi connectivity index (χ3n) is 4.03. The lowest BCUT2D eigenvalue weighted by atomic mass is 9.83. The largest absolute Gasteiger partial charge is 0.463 e. The van der Waals surface area contributed by atoms with Gasteiger partial charge in [-0.25, -0.2) is 19.6 Å². The fraction of sp³-hybridized carbons (Fsp3) is 0.600. The number of fused-ring (bicyclic) bond motifs is 2. The molecule has 0 heterocycles. The van der Waals surface area contributed by atoms with Gasteiger partial charge in [0.2, 0.25) is 12.2 Å². The Kier molecular flexibility index (Phi) is 5.97. The predicted octanol–water partition coefficient (Wildman–Crippen LogP) is 0.183. The number of nitrogens with zero attached hydrogens (tertiary/aromatic N) is 2. The highest BCUT2D eigenvalue weighted by Crippen LogP contribution is 2.48. The second-order valence-corrected chi connectivity index (χ2v) is 5.28. The Bertz CT molecular complexity index is 539. The Labute approximate surface area is 132 Å². The SMILES string of the molecule is O=C=NCCOC(=O)C1C2C=CC(C2)C1C(=O)OCCN=C=O. The molecule has 2 aliphatic carbocycles. The summed E-state index contributed by atoms with van der Waals surface area (Å²) in [5, 5.41) is 0. The van der Waals surface area contributed by atoms with Crippen LogP contribution in [0.3, 0.4) is 0 Å². The van der Waals surface area contributed by atoms with Crippen molar-refractivity contribution in [1.82, 2.24) is 0 Å². The molecule has 4 unspecified atom stereocenters. The quantitative estimate of drug-likeness (QED) is 0.207. The Morgan fingerprint density at radius 2 is 1.35 bits per heavy atom. The van der Waals surface area contributed by atoms with Crippen LogP contribution in [-0.4, -0.2) is 50.4 Å². The van der Waals surface area contributed by atoms with Gasteiger partial charge in [-0.15, -0.1) is 0 Å². The highest BCUT2D eigenvalue weighted by atomic mass is 16.5. The number of ether oxygens (including phenoxy) is 2. The monoisotopic (exact) mass is 320 g/mol. The van der Waals surface area contributed by atoms with E-state index in [4.69, 9.17) is 9.47 Å². The lowest BCUT2D eigenvalue weighted by Crippen LogP contribution is -2.36. The molecule has 122 valence electrons. The van der Waals surface area contributed by atoms with Crippen molar-refractivity contribution in [2.75, 3.05) is 26.3 Å². The lowest BCUT2D eigenvalue weighted by molar-refractivity contribution is -0.161. The molecule has 0 radical (unpaired) electrons. The van der Waals surface area contributed by atoms with Crippen molar-refractivity contribution in [3.05, 3.63) is 12.2 Å². The molecule has 23 heavy (non-hydrogen) atoms. The third kappa shape index (κ3) is 4.00. The zero-order valence-corrected chi connectivity index (χ0v) is 12.3. The zero-order chi connectivity index (χ0) is 16.7. The molecule has 8 nitrogen and oxygen atoms in total. The second-order valence-electron chi connectivity index (χ2n) is 5.28. The smallest absolute Gasteiger partial charge is 0.310 e. The van der Waals surface area contributed by atoms with Crippen molar-refractivity contribution in [3.63, 3.8) is 0 Å². The van der Waals surface area contributed by atoms with Crippen LogP contribution in [0.15, 0.2) is 22.1 Å². The van der Waals surface area contributed by atoms with Crippen molar-refractivity contribution in [2.45, 2.75) is 6.42 Å². The molecule has 2 aliphatic rings. The predicted molar refractivity (Wildman–Crippen MR) is 75.6 cm³/mol. The summed E-state index contributed by atoms with van der Waals surface area (Å²) in [6.45, 7) is 0.0401. The van der Waals surface area contributed by atoms with Crippen LogP contribution in [0, 0.1) is 23.7 Å². The van der Waals surface area contributed by atoms with Crippen LogP contribution in [0.1, 0.15) is 6.42 Å². The number of hydrogen-bond donors (Lipinski definition) is 0. The van der Waals surface area contributed by atoms with E-state index in [0.29, 0.717) is 6.42 Å². The molecule has 0 N–H and O–H groups in total. The number of hydrogen-bond acceptors (Lipinski definition) is 8. The van der Waals surface area contributed by atoms with Gasteiger partial charge in [-0.2, -0.15) is 0 Å². The molecule has 0 aromatic rings. The van der Waals surface area contributed by atoms with E-state index in [-0.39, 0.29) is 38.1 Å². The molecule has 0 aromatic carbocycles. The van der Waals surface area contributed by atoms with E-state index in [2.05, 4.69) is 9.98 Å². The average molecular weight is 320 g/mol. The first-order chi connectivity index (χ1) is 11.2. The van der Waals surface area contributed by atoms with E-state index >= 15 is 0 Å². The van der Waals surface area contributed by atoms with Gasteiger partial charge >= 0.3 is 11.9 Å². The average Bonchev–Trinajstić information content (AvgIpc) is 3.16. The van der Waals surface area contributed by atoms with Crippen molar-refractivity contribution in [2.24, 2.45) is 33.7 Å². The first-order valence-corrected chi connectivity index (χ1v) is 7.28. The molecule has 1 saturated carbocycles. The van der Waals surface area contributed by atoms with Gasteiger partial charge in [-0.3, -0.25) is 9.59 Å². The van der Waals surface area contributed by atoms with E-state index in [0.717, 1.165) is 0 Å². The van der Waals surface area contributed by atoms with Crippen LogP contribution in [0.25, 0.3) is 0 Å². The van der Waals surface area contributed by atoms with Gasteiger partial charge in [-0.1, -0.05) is 12.2 Å². The summed E-state index contributed by atoms with van der Waals surface area (Å²) < 4.78 is 10.2. The Balaban J connectivity index is 1.94. The standard InChI is InChI=1S/C15H16N2O6/c18-8-16-3-5-22-14(20)12-10-1-2-11(7-10)13(12)15(21)23-6-4-17-9-19/h1-2,10-13H,3-7H2. The van der Waals surface area contributed by atoms with Crippen LogP contribution in [0.4, 0.5) is 0 Å². The maximum Gasteiger partial charge on any atom is 0.310 e. The Morgan fingerprint density at radius 1 is 0.913 bits per heavy atom. The molecular formula is C15H16N2O6. The summed E-state index contributed by atoms with van der Waals surface area (Å²) in [4.78, 5) is 51.0. The van der Waals surface area contributed by atoms with Crippen LogP contribution in [0.2, 0.25) is 0 Å². The van der Waals surface area contributed by atoms with Crippen molar-refractivity contribution in [3.8, 4) is 0 Å². The molecule has 1 fully saturated rings. The maximum absolute atomic E-state index is 12.2. The van der Waals surface area contributed by atoms with E-state index in [1.54, 1.807) is 0 Å². The third-order valence-corrected chi connectivity index (χ3v) is 4.03. The van der Waals surface area contributed by atoms with Gasteiger partial charge in [0.25, 0.3) is 0 Å². The number of carbonyl (C=O) groups is 2. The van der Waals surface area contributed by atoms with Crippen LogP contribution in [0.5, 0.6) is 0 Å². The molecule has 2 bridgehead atoms. The van der Waals surface area contributed by atoms with E-state index < -0.39 is 23.8 Å². The summed E-state index contributed by atoms with van der Waals surface area (Å²) in [7, 11) is 0. The maximum atomic E-state index is 12.2. The summed E-state index contributed by atoms with van der Waals surface area (Å²) >= 11 is 0. The number of esters is 2. The van der Waals surface area contributed by atoms with Crippen LogP contribution in [-0.2, 0) is 28.7 Å². The molecule has 0 spiro atoms. The minimum atomic E-state index is -0.590. The van der Waals surface area contributed by atoms with Gasteiger partial charge in [-0.05, 0) is 18.3 Å². The molecular weight excluding hydrogens is 304 g/mol. The number of allylic oxidation sites excluding steroid dienone is 2. The van der Waals surface area contributed by atoms with Crippen molar-refractivity contribution < 1.29 is 28.7 Å². The number of carbonyl (C=O) groups excluding carboxylic acids is 4. The summed E-state index contributed by atoms with van der Waals surface area (Å²) in [6, 6.07) is 0. The van der Waals surface area contributed by atoms with Gasteiger partial charge in [0.1, 0.15) is 13.2 Å². The van der Waals surface area contributed by atoms with Gasteiger partial charge < -0.3 is 9.47 Å². The highest BCUT2D eigenvalue weighted by Gasteiger charge is 2.53. The fourth-order valence-corrected chi connectivity index (χ4v) is 3.13. The fourth-order valence-electron chi connectivity index (χ4n) is 3.13. The molecule has 0 aromatic heterocycles. The minimum Gasteiger partial charge on any atom is -0.463 e. The molecule has 0 saturated heterocycles. The summed E-state index contributed by atoms with van der Waals surface area (Å²) in [5.74, 6) is -2.26. The minimum absolute atomic E-state index is 0.0263. The lowest BCUT2D eigenvalue weighted by Gasteiger charge is -2.24. The molecule has 0 amide bonds. The summed E-state index contributed by atoms with van der Waals surface area (Å²) in [5.41, 5.74) is 0. The number of rotatable bonds is 8. The number of aliphatic imine (C=N–C) groups is 2. The molecule has 0 aliphatic heterocycles. The van der Waals surface area contributed by atoms with Gasteiger partial charge in [0.05, 0.1) is 24.9 Å². The first-order valence-electron chi connectivity index (χ1n) is 7.28. The Morgan fingerprint density at radius 3 is 1.74 bits per heavy atom. The second kappa shape index (κ2) is 8.17. The zero-order valence-electron chi connectivity index (χ0n) is 12.3. The normalized spacial score (nSPS) is 27.0. The number of isocyanates is 2. The van der Waals surface area contributed by atoms with Gasteiger partial charge in [0.15, 0.2) is 0 Å². The Hall–Kier alpha value is -2.56. The highest BCUT2D eigenvalue weighted by molar-refractivity contribution is 5.84. The van der Waals surface area contributed by atoms with E-state index in [1.807, 2.05) is 12.2 Å². The van der Waals surface area contributed by atoms with Crippen molar-refractivity contribution in [1.29, 1.82) is 0 Å². The van der Waals surface area contributed by atoms with Crippen LogP contribution < -0.4 is 0 Å². The van der Waals surface area contributed by atoms with E-state index in [1.165, 1.54) is 12.2 Å². The van der Waals surface area contributed by atoms with Crippen molar-refractivity contribution >= 4 is 24.1 Å². The van der Waals surface area contributed by atoms with Crippen LogP contribution >= 0.6 is 0 Å². The molecule has 4 atom stereocenters.